The number of hydrogen-bond donors (Lipinski definition) is 0. The summed E-state index contributed by atoms with van der Waals surface area (Å²) in [5, 5.41) is 0. The van der Waals surface area contributed by atoms with Gasteiger partial charge in [-0.1, -0.05) is 20.4 Å². The van der Waals surface area contributed by atoms with Crippen molar-refractivity contribution >= 4 is 6.72 Å². The molecular formula is C16H27N3O. The Balaban J connectivity index is 2.51. The molecule has 2 aliphatic rings. The Morgan fingerprint density at radius 3 is 2.25 bits per heavy atom. The van der Waals surface area contributed by atoms with E-state index in [0.29, 0.717) is 17.9 Å². The van der Waals surface area contributed by atoms with Gasteiger partial charge in [-0.2, -0.15) is 0 Å². The maximum Gasteiger partial charge on any atom is 0.153 e. The fraction of sp³-hybridized carbons (Fsp3) is 0.688. The zero-order valence-electron chi connectivity index (χ0n) is 13.6. The van der Waals surface area contributed by atoms with Crippen molar-refractivity contribution in [2.24, 2.45) is 16.8 Å². The summed E-state index contributed by atoms with van der Waals surface area (Å²) in [6.07, 6.45) is 0.268. The Morgan fingerprint density at radius 1 is 1.15 bits per heavy atom. The van der Waals surface area contributed by atoms with E-state index in [9.17, 15) is 0 Å². The first kappa shape index (κ1) is 15.1. The Labute approximate surface area is 122 Å². The van der Waals surface area contributed by atoms with E-state index in [4.69, 9.17) is 4.74 Å². The predicted molar refractivity (Wildman–Crippen MR) is 83.4 cm³/mol. The van der Waals surface area contributed by atoms with Crippen molar-refractivity contribution in [3.05, 3.63) is 23.7 Å². The van der Waals surface area contributed by atoms with Crippen molar-refractivity contribution in [1.29, 1.82) is 0 Å². The van der Waals surface area contributed by atoms with Crippen molar-refractivity contribution in [3.8, 4) is 0 Å². The molecule has 4 nitrogen and oxygen atoms in total. The summed E-state index contributed by atoms with van der Waals surface area (Å²) in [4.78, 5) is 8.61. The van der Waals surface area contributed by atoms with Crippen LogP contribution in [0.5, 0.6) is 0 Å². The first-order chi connectivity index (χ1) is 9.31. The number of likely N-dealkylation sites (N-methyl/N-ethyl adjacent to an activating group) is 2. The van der Waals surface area contributed by atoms with Gasteiger partial charge in [-0.15, -0.1) is 0 Å². The summed E-state index contributed by atoms with van der Waals surface area (Å²) >= 11 is 0. The number of ether oxygens (including phenoxy) is 1. The van der Waals surface area contributed by atoms with Gasteiger partial charge in [0.05, 0.1) is 17.8 Å². The molecule has 0 spiro atoms. The molecule has 4 heteroatoms. The molecule has 0 radical (unpaired) electrons. The van der Waals surface area contributed by atoms with E-state index >= 15 is 0 Å². The van der Waals surface area contributed by atoms with E-state index < -0.39 is 0 Å². The molecule has 2 heterocycles. The molecule has 0 aromatic heterocycles. The summed E-state index contributed by atoms with van der Waals surface area (Å²) < 4.78 is 6.25. The minimum Gasteiger partial charge on any atom is -0.364 e. The van der Waals surface area contributed by atoms with Gasteiger partial charge < -0.3 is 14.5 Å². The lowest BCUT2D eigenvalue weighted by atomic mass is 9.80. The van der Waals surface area contributed by atoms with E-state index in [1.807, 2.05) is 14.0 Å². The molecule has 5 unspecified atom stereocenters. The second-order valence-corrected chi connectivity index (χ2v) is 6.27. The number of nitrogens with zero attached hydrogens (tertiary/aromatic N) is 3. The van der Waals surface area contributed by atoms with Crippen LogP contribution in [0.25, 0.3) is 0 Å². The second-order valence-electron chi connectivity index (χ2n) is 6.27. The van der Waals surface area contributed by atoms with E-state index in [-0.39, 0.29) is 12.3 Å². The Kier molecular flexibility index (Phi) is 3.96. The van der Waals surface area contributed by atoms with Crippen molar-refractivity contribution < 1.29 is 4.74 Å². The lowest BCUT2D eigenvalue weighted by Gasteiger charge is -2.54. The monoisotopic (exact) mass is 277 g/mol. The van der Waals surface area contributed by atoms with Crippen LogP contribution in [0.15, 0.2) is 28.7 Å². The first-order valence-electron chi connectivity index (χ1n) is 7.29. The van der Waals surface area contributed by atoms with E-state index in [1.54, 1.807) is 0 Å². The van der Waals surface area contributed by atoms with Gasteiger partial charge in [-0.25, -0.2) is 4.99 Å². The molecule has 2 aliphatic heterocycles. The molecule has 0 aromatic carbocycles. The third-order valence-corrected chi connectivity index (χ3v) is 5.04. The lowest BCUT2D eigenvalue weighted by molar-refractivity contribution is -0.188. The quantitative estimate of drug-likeness (QED) is 0.726. The largest absolute Gasteiger partial charge is 0.364 e. The Bertz CT molecular complexity index is 457. The second kappa shape index (κ2) is 5.24. The van der Waals surface area contributed by atoms with Crippen LogP contribution >= 0.6 is 0 Å². The normalized spacial score (nSPS) is 37.8. The van der Waals surface area contributed by atoms with Gasteiger partial charge in [0.15, 0.2) is 12.0 Å². The molecule has 0 aliphatic carbocycles. The van der Waals surface area contributed by atoms with Gasteiger partial charge in [-0.05, 0) is 38.0 Å². The zero-order chi connectivity index (χ0) is 15.2. The third-order valence-electron chi connectivity index (χ3n) is 5.04. The number of rotatable bonds is 2. The summed E-state index contributed by atoms with van der Waals surface area (Å²) in [5.41, 5.74) is 2.08. The van der Waals surface area contributed by atoms with Crippen LogP contribution in [0.1, 0.15) is 27.7 Å². The summed E-state index contributed by atoms with van der Waals surface area (Å²) in [5.74, 6) is 1.92. The number of aliphatic imine (C=N–C) groups is 1. The van der Waals surface area contributed by atoms with Gasteiger partial charge in [0.1, 0.15) is 0 Å². The van der Waals surface area contributed by atoms with E-state index in [1.165, 1.54) is 0 Å². The molecule has 0 saturated carbocycles. The van der Waals surface area contributed by atoms with E-state index in [0.717, 1.165) is 17.1 Å². The lowest BCUT2D eigenvalue weighted by Crippen LogP contribution is -2.63. The van der Waals surface area contributed by atoms with Gasteiger partial charge in [0.2, 0.25) is 0 Å². The van der Waals surface area contributed by atoms with Crippen molar-refractivity contribution in [1.82, 2.24) is 9.80 Å². The fourth-order valence-corrected chi connectivity index (χ4v) is 3.56. The molecule has 2 rings (SSSR count). The van der Waals surface area contributed by atoms with Crippen molar-refractivity contribution in [2.45, 2.75) is 46.1 Å². The third kappa shape index (κ3) is 2.06. The van der Waals surface area contributed by atoms with Gasteiger partial charge in [0.25, 0.3) is 0 Å². The van der Waals surface area contributed by atoms with Crippen molar-refractivity contribution in [3.63, 3.8) is 0 Å². The predicted octanol–water partition coefficient (Wildman–Crippen LogP) is 2.70. The maximum absolute atomic E-state index is 6.25. The topological polar surface area (TPSA) is 28.1 Å². The number of allylic oxidation sites excluding steroid dienone is 1. The van der Waals surface area contributed by atoms with Crippen LogP contribution in [0, 0.1) is 11.8 Å². The molecule has 0 aromatic rings. The maximum atomic E-state index is 6.25. The van der Waals surface area contributed by atoms with Gasteiger partial charge >= 0.3 is 0 Å². The van der Waals surface area contributed by atoms with Crippen LogP contribution < -0.4 is 0 Å². The molecule has 0 bridgehead atoms. The van der Waals surface area contributed by atoms with Crippen LogP contribution in [0.2, 0.25) is 0 Å². The zero-order valence-corrected chi connectivity index (χ0v) is 13.6. The van der Waals surface area contributed by atoms with Crippen LogP contribution in [0.4, 0.5) is 0 Å². The smallest absolute Gasteiger partial charge is 0.153 e. The highest BCUT2D eigenvalue weighted by molar-refractivity contribution is 5.38. The van der Waals surface area contributed by atoms with Crippen LogP contribution in [-0.4, -0.2) is 49.0 Å². The SMILES string of the molecule is C=NC1=C(C(=C)C)N(C)C2C(C)C(C)C(C)OC2N1C. The summed E-state index contributed by atoms with van der Waals surface area (Å²) in [6.45, 7) is 16.6. The fourth-order valence-electron chi connectivity index (χ4n) is 3.56. The molecule has 20 heavy (non-hydrogen) atoms. The molecule has 0 N–H and O–H groups in total. The summed E-state index contributed by atoms with van der Waals surface area (Å²) in [6, 6.07) is 0.309. The van der Waals surface area contributed by atoms with E-state index in [2.05, 4.69) is 55.9 Å². The van der Waals surface area contributed by atoms with Gasteiger partial charge in [-0.3, -0.25) is 0 Å². The highest BCUT2D eigenvalue weighted by Crippen LogP contribution is 2.41. The van der Waals surface area contributed by atoms with Crippen molar-refractivity contribution in [2.75, 3.05) is 14.1 Å². The standard InChI is InChI=1S/C16H27N3O/c1-9(2)13-15(17-6)19(8)16-14(18(13)7)11(4)10(3)12(5)20-16/h10-12,14,16H,1,6H2,2-5,7-8H3. The van der Waals surface area contributed by atoms with Crippen LogP contribution in [0.3, 0.4) is 0 Å². The first-order valence-corrected chi connectivity index (χ1v) is 7.29. The average molecular weight is 277 g/mol. The molecule has 5 atom stereocenters. The van der Waals surface area contributed by atoms with Gasteiger partial charge in [0, 0.05) is 14.1 Å². The Morgan fingerprint density at radius 2 is 1.75 bits per heavy atom. The highest BCUT2D eigenvalue weighted by Gasteiger charge is 2.47. The molecule has 0 amide bonds. The molecule has 1 saturated heterocycles. The van der Waals surface area contributed by atoms with Crippen LogP contribution in [-0.2, 0) is 4.74 Å². The average Bonchev–Trinajstić information content (AvgIpc) is 2.38. The highest BCUT2D eigenvalue weighted by atomic mass is 16.5. The molecule has 112 valence electrons. The summed E-state index contributed by atoms with van der Waals surface area (Å²) in [7, 11) is 4.15. The number of fused-ring (bicyclic) bond motifs is 1. The number of hydrogen-bond acceptors (Lipinski definition) is 4. The minimum atomic E-state index is 0.0183. The minimum absolute atomic E-state index is 0.0183. The molecule has 1 fully saturated rings. The molecular weight excluding hydrogens is 250 g/mol. The Hall–Kier alpha value is -1.29.